The van der Waals surface area contributed by atoms with Gasteiger partial charge in [-0.3, -0.25) is 9.69 Å². The lowest BCUT2D eigenvalue weighted by atomic mass is 9.98. The van der Waals surface area contributed by atoms with Crippen LogP contribution in [-0.2, 0) is 11.3 Å². The van der Waals surface area contributed by atoms with Crippen molar-refractivity contribution in [3.05, 3.63) is 35.9 Å². The van der Waals surface area contributed by atoms with E-state index < -0.39 is 0 Å². The van der Waals surface area contributed by atoms with Crippen LogP contribution in [0.2, 0.25) is 0 Å². The van der Waals surface area contributed by atoms with Gasteiger partial charge >= 0.3 is 0 Å². The van der Waals surface area contributed by atoms with Crippen LogP contribution in [0.1, 0.15) is 39.2 Å². The van der Waals surface area contributed by atoms with Gasteiger partial charge in [0.2, 0.25) is 5.91 Å². The molecule has 1 atom stereocenters. The van der Waals surface area contributed by atoms with Crippen LogP contribution in [0.3, 0.4) is 0 Å². The van der Waals surface area contributed by atoms with Crippen LogP contribution in [-0.4, -0.2) is 47.4 Å². The number of hydrogen-bond acceptors (Lipinski definition) is 3. The molecule has 1 aliphatic rings. The fourth-order valence-electron chi connectivity index (χ4n) is 3.39. The predicted molar refractivity (Wildman–Crippen MR) is 94.9 cm³/mol. The Kier molecular flexibility index (Phi) is 6.60. The van der Waals surface area contributed by atoms with Crippen LogP contribution >= 0.6 is 0 Å². The number of rotatable bonds is 6. The van der Waals surface area contributed by atoms with Crippen molar-refractivity contribution in [1.29, 1.82) is 0 Å². The number of carbonyl (C=O) groups is 1. The molecule has 0 bridgehead atoms. The van der Waals surface area contributed by atoms with E-state index in [4.69, 9.17) is 5.73 Å². The smallest absolute Gasteiger partial charge is 0.240 e. The summed E-state index contributed by atoms with van der Waals surface area (Å²) in [5.41, 5.74) is 7.23. The molecule has 1 aromatic carbocycles. The fraction of sp³-hybridized carbons (Fsp3) is 0.632. The van der Waals surface area contributed by atoms with Gasteiger partial charge < -0.3 is 10.6 Å². The number of carbonyl (C=O) groups excluding carboxylic acids is 1. The molecule has 2 N–H and O–H groups in total. The molecule has 1 amide bonds. The molecule has 1 saturated heterocycles. The summed E-state index contributed by atoms with van der Waals surface area (Å²) >= 11 is 0. The molecule has 1 heterocycles. The summed E-state index contributed by atoms with van der Waals surface area (Å²) in [5.74, 6) is 0.562. The van der Waals surface area contributed by atoms with Crippen LogP contribution in [0.15, 0.2) is 30.3 Å². The highest BCUT2D eigenvalue weighted by Crippen LogP contribution is 2.19. The molecule has 23 heavy (non-hydrogen) atoms. The van der Waals surface area contributed by atoms with E-state index in [-0.39, 0.29) is 18.0 Å². The molecule has 2 rings (SSSR count). The molecule has 1 fully saturated rings. The number of likely N-dealkylation sites (tertiary alicyclic amines) is 1. The maximum Gasteiger partial charge on any atom is 0.240 e. The second kappa shape index (κ2) is 8.46. The van der Waals surface area contributed by atoms with Crippen molar-refractivity contribution < 1.29 is 4.79 Å². The van der Waals surface area contributed by atoms with Gasteiger partial charge in [-0.25, -0.2) is 0 Å². The number of nitrogens with zero attached hydrogens (tertiary/aromatic N) is 2. The van der Waals surface area contributed by atoms with Gasteiger partial charge in [0.15, 0.2) is 0 Å². The third kappa shape index (κ3) is 4.79. The number of nitrogens with two attached hydrogens (primary N) is 1. The van der Waals surface area contributed by atoms with Crippen LogP contribution in [0.4, 0.5) is 0 Å². The molecule has 1 aromatic rings. The lowest BCUT2D eigenvalue weighted by molar-refractivity contribution is -0.140. The third-order valence-electron chi connectivity index (χ3n) is 4.76. The molecule has 0 aromatic heterocycles. The third-order valence-corrected chi connectivity index (χ3v) is 4.76. The molecule has 1 unspecified atom stereocenters. The van der Waals surface area contributed by atoms with E-state index in [1.165, 1.54) is 5.56 Å². The van der Waals surface area contributed by atoms with E-state index in [2.05, 4.69) is 49.9 Å². The average molecular weight is 317 g/mol. The van der Waals surface area contributed by atoms with Gasteiger partial charge in [0.05, 0.1) is 6.04 Å². The Hall–Kier alpha value is -1.39. The van der Waals surface area contributed by atoms with Crippen molar-refractivity contribution in [1.82, 2.24) is 9.80 Å². The Morgan fingerprint density at radius 2 is 1.87 bits per heavy atom. The van der Waals surface area contributed by atoms with Crippen LogP contribution < -0.4 is 5.73 Å². The van der Waals surface area contributed by atoms with Gasteiger partial charge in [-0.2, -0.15) is 0 Å². The van der Waals surface area contributed by atoms with E-state index in [1.807, 2.05) is 11.0 Å². The minimum absolute atomic E-state index is 0.0606. The van der Waals surface area contributed by atoms with Gasteiger partial charge in [0.25, 0.3) is 0 Å². The normalized spacial score (nSPS) is 17.7. The minimum Gasteiger partial charge on any atom is -0.341 e. The first-order chi connectivity index (χ1) is 11.0. The summed E-state index contributed by atoms with van der Waals surface area (Å²) in [7, 11) is 0. The number of amides is 1. The zero-order valence-electron chi connectivity index (χ0n) is 14.7. The van der Waals surface area contributed by atoms with Gasteiger partial charge in [0.1, 0.15) is 0 Å². The highest BCUT2D eigenvalue weighted by molar-refractivity contribution is 5.82. The largest absolute Gasteiger partial charge is 0.341 e. The van der Waals surface area contributed by atoms with Gasteiger partial charge in [-0.15, -0.1) is 0 Å². The van der Waals surface area contributed by atoms with Crippen molar-refractivity contribution in [2.24, 2.45) is 11.7 Å². The van der Waals surface area contributed by atoms with Gasteiger partial charge in [0, 0.05) is 25.7 Å². The maximum absolute atomic E-state index is 13.1. The summed E-state index contributed by atoms with van der Waals surface area (Å²) in [6, 6.07) is 10.6. The van der Waals surface area contributed by atoms with Crippen LogP contribution in [0.5, 0.6) is 0 Å². The molecule has 0 aliphatic carbocycles. The summed E-state index contributed by atoms with van der Waals surface area (Å²) in [4.78, 5) is 17.4. The second-order valence-corrected chi connectivity index (χ2v) is 6.90. The van der Waals surface area contributed by atoms with E-state index in [9.17, 15) is 4.79 Å². The molecule has 0 spiro atoms. The molecular formula is C19H31N3O. The number of benzene rings is 1. The standard InChI is InChI=1S/C19H31N3O/c1-4-21(14-16-8-6-5-7-9-16)18(15(2)3)19(23)22-12-10-17(20)11-13-22/h5-9,15,17-18H,4,10-14,20H2,1-3H3. The van der Waals surface area contributed by atoms with Crippen molar-refractivity contribution in [2.75, 3.05) is 19.6 Å². The van der Waals surface area contributed by atoms with Gasteiger partial charge in [-0.05, 0) is 30.9 Å². The zero-order valence-corrected chi connectivity index (χ0v) is 14.7. The summed E-state index contributed by atoms with van der Waals surface area (Å²) in [5, 5.41) is 0. The molecule has 4 heteroatoms. The Bertz CT molecular complexity index is 481. The first-order valence-electron chi connectivity index (χ1n) is 8.85. The minimum atomic E-state index is -0.0606. The quantitative estimate of drug-likeness (QED) is 0.877. The topological polar surface area (TPSA) is 49.6 Å². The average Bonchev–Trinajstić information content (AvgIpc) is 2.55. The summed E-state index contributed by atoms with van der Waals surface area (Å²) in [6.45, 7) is 9.71. The Labute approximate surface area is 140 Å². The molecule has 4 nitrogen and oxygen atoms in total. The van der Waals surface area contributed by atoms with E-state index in [0.29, 0.717) is 5.92 Å². The number of hydrogen-bond donors (Lipinski definition) is 1. The highest BCUT2D eigenvalue weighted by Gasteiger charge is 2.33. The number of piperidine rings is 1. The Balaban J connectivity index is 2.10. The van der Waals surface area contributed by atoms with E-state index >= 15 is 0 Å². The number of likely N-dealkylation sites (N-methyl/N-ethyl adjacent to an activating group) is 1. The van der Waals surface area contributed by atoms with Crippen molar-refractivity contribution >= 4 is 5.91 Å². The maximum atomic E-state index is 13.1. The highest BCUT2D eigenvalue weighted by atomic mass is 16.2. The van der Waals surface area contributed by atoms with Crippen molar-refractivity contribution in [3.8, 4) is 0 Å². The molecule has 128 valence electrons. The molecular weight excluding hydrogens is 286 g/mol. The molecule has 0 radical (unpaired) electrons. The molecule has 0 saturated carbocycles. The fourth-order valence-corrected chi connectivity index (χ4v) is 3.39. The van der Waals surface area contributed by atoms with E-state index in [1.54, 1.807) is 0 Å². The molecule has 1 aliphatic heterocycles. The van der Waals surface area contributed by atoms with Crippen LogP contribution in [0, 0.1) is 5.92 Å². The Morgan fingerprint density at radius 1 is 1.26 bits per heavy atom. The Morgan fingerprint density at radius 3 is 2.39 bits per heavy atom. The summed E-state index contributed by atoms with van der Waals surface area (Å²) in [6.07, 6.45) is 1.84. The predicted octanol–water partition coefficient (Wildman–Crippen LogP) is 2.48. The first-order valence-corrected chi connectivity index (χ1v) is 8.85. The lowest BCUT2D eigenvalue weighted by Gasteiger charge is -2.38. The van der Waals surface area contributed by atoms with Crippen LogP contribution in [0.25, 0.3) is 0 Å². The lowest BCUT2D eigenvalue weighted by Crippen LogP contribution is -2.53. The first kappa shape index (κ1) is 18.0. The van der Waals surface area contributed by atoms with Crippen molar-refractivity contribution in [3.63, 3.8) is 0 Å². The summed E-state index contributed by atoms with van der Waals surface area (Å²) < 4.78 is 0. The monoisotopic (exact) mass is 317 g/mol. The zero-order chi connectivity index (χ0) is 16.8. The van der Waals surface area contributed by atoms with E-state index in [0.717, 1.165) is 39.0 Å². The second-order valence-electron chi connectivity index (χ2n) is 6.90. The SMILES string of the molecule is CCN(Cc1ccccc1)C(C(=O)N1CCC(N)CC1)C(C)C. The van der Waals surface area contributed by atoms with Crippen molar-refractivity contribution in [2.45, 2.75) is 52.2 Å². The van der Waals surface area contributed by atoms with Gasteiger partial charge in [-0.1, -0.05) is 51.1 Å².